The smallest absolute Gasteiger partial charge is 0.315 e. The largest absolute Gasteiger partial charge is 0.481 e. The van der Waals surface area contributed by atoms with Crippen LogP contribution in [0.4, 0.5) is 0 Å². The first-order valence-electron chi connectivity index (χ1n) is 3.62. The van der Waals surface area contributed by atoms with Gasteiger partial charge >= 0.3 is 5.97 Å². The summed E-state index contributed by atoms with van der Waals surface area (Å²) in [5.41, 5.74) is 5.25. The van der Waals surface area contributed by atoms with E-state index in [4.69, 9.17) is 20.1 Å². The number of nitrogens with two attached hydrogens (primary N) is 1. The lowest BCUT2D eigenvalue weighted by atomic mass is 10.1. The summed E-state index contributed by atoms with van der Waals surface area (Å²) < 4.78 is 9.46. The van der Waals surface area contributed by atoms with Crippen LogP contribution in [-0.4, -0.2) is 29.9 Å². The molecule has 0 aliphatic rings. The van der Waals surface area contributed by atoms with Crippen LogP contribution in [-0.2, 0) is 4.79 Å². The molecule has 0 spiro atoms. The van der Waals surface area contributed by atoms with Crippen molar-refractivity contribution in [3.63, 3.8) is 0 Å². The van der Waals surface area contributed by atoms with E-state index in [0.29, 0.717) is 0 Å². The van der Waals surface area contributed by atoms with Crippen LogP contribution in [0.3, 0.4) is 0 Å². The van der Waals surface area contributed by atoms with Crippen molar-refractivity contribution in [1.82, 2.24) is 5.16 Å². The molecule has 72 valence electrons. The van der Waals surface area contributed by atoms with E-state index in [1.165, 1.54) is 13.2 Å². The zero-order chi connectivity index (χ0) is 9.84. The highest BCUT2D eigenvalue weighted by Gasteiger charge is 2.23. The number of hydrogen-bond acceptors (Lipinski definition) is 5. The molecule has 0 aliphatic heterocycles. The molecule has 0 aliphatic carbocycles. The summed E-state index contributed by atoms with van der Waals surface area (Å²) in [6, 6.07) is 1.41. The Hall–Kier alpha value is -1.56. The summed E-state index contributed by atoms with van der Waals surface area (Å²) in [7, 11) is 1.42. The van der Waals surface area contributed by atoms with Crippen LogP contribution in [0.2, 0.25) is 0 Å². The van der Waals surface area contributed by atoms with Crippen LogP contribution < -0.4 is 10.5 Å². The van der Waals surface area contributed by atoms with E-state index in [1.807, 2.05) is 0 Å². The van der Waals surface area contributed by atoms with Gasteiger partial charge in [0.25, 0.3) is 5.88 Å². The van der Waals surface area contributed by atoms with Gasteiger partial charge in [0.2, 0.25) is 0 Å². The van der Waals surface area contributed by atoms with Gasteiger partial charge in [-0.05, 0) is 5.16 Å². The van der Waals surface area contributed by atoms with Crippen LogP contribution in [0.15, 0.2) is 10.6 Å². The van der Waals surface area contributed by atoms with E-state index in [2.05, 4.69) is 5.16 Å². The highest BCUT2D eigenvalue weighted by molar-refractivity contribution is 5.75. The highest BCUT2D eigenvalue weighted by atomic mass is 16.5. The third kappa shape index (κ3) is 1.97. The maximum Gasteiger partial charge on any atom is 0.315 e. The lowest BCUT2D eigenvalue weighted by Crippen LogP contribution is -2.20. The van der Waals surface area contributed by atoms with Gasteiger partial charge in [0.05, 0.1) is 7.11 Å². The number of carbonyl (C=O) groups is 1. The van der Waals surface area contributed by atoms with Crippen molar-refractivity contribution in [2.45, 2.75) is 5.92 Å². The van der Waals surface area contributed by atoms with Crippen molar-refractivity contribution in [2.75, 3.05) is 13.7 Å². The summed E-state index contributed by atoms with van der Waals surface area (Å²) in [6.07, 6.45) is 0. The molecule has 13 heavy (non-hydrogen) atoms. The van der Waals surface area contributed by atoms with Crippen LogP contribution in [0.5, 0.6) is 5.88 Å². The van der Waals surface area contributed by atoms with Gasteiger partial charge in [0, 0.05) is 12.6 Å². The molecule has 1 aromatic rings. The molecular formula is C7H10N2O4. The SMILES string of the molecule is COc1cc(C(CN)C(=O)O)on1. The van der Waals surface area contributed by atoms with Crippen LogP contribution >= 0.6 is 0 Å². The van der Waals surface area contributed by atoms with E-state index in [9.17, 15) is 4.79 Å². The van der Waals surface area contributed by atoms with Crippen LogP contribution in [0.1, 0.15) is 11.7 Å². The number of carboxylic acids is 1. The Bertz CT molecular complexity index is 296. The first-order chi connectivity index (χ1) is 6.19. The number of ether oxygens (including phenoxy) is 1. The molecule has 0 aromatic carbocycles. The molecule has 0 amide bonds. The van der Waals surface area contributed by atoms with Gasteiger partial charge in [-0.25, -0.2) is 0 Å². The van der Waals surface area contributed by atoms with Gasteiger partial charge in [0.1, 0.15) is 5.92 Å². The fourth-order valence-corrected chi connectivity index (χ4v) is 0.871. The Morgan fingerprint density at radius 2 is 2.62 bits per heavy atom. The summed E-state index contributed by atoms with van der Waals surface area (Å²) in [5, 5.41) is 12.2. The van der Waals surface area contributed by atoms with E-state index >= 15 is 0 Å². The minimum atomic E-state index is -1.04. The first kappa shape index (κ1) is 9.53. The maximum atomic E-state index is 10.6. The Kier molecular flexibility index (Phi) is 2.86. The standard InChI is InChI=1S/C7H10N2O4/c1-12-6-2-5(13-9-6)4(3-8)7(10)11/h2,4H,3,8H2,1H3,(H,10,11). The normalized spacial score (nSPS) is 12.5. The topological polar surface area (TPSA) is 98.6 Å². The molecule has 0 saturated carbocycles. The van der Waals surface area contributed by atoms with Crippen molar-refractivity contribution < 1.29 is 19.2 Å². The second kappa shape index (κ2) is 3.90. The van der Waals surface area contributed by atoms with Crippen molar-refractivity contribution in [2.24, 2.45) is 5.73 Å². The average molecular weight is 186 g/mol. The lowest BCUT2D eigenvalue weighted by molar-refractivity contribution is -0.139. The number of aliphatic carboxylic acids is 1. The predicted octanol–water partition coefficient (Wildman–Crippen LogP) is -0.190. The molecule has 6 nitrogen and oxygen atoms in total. The molecule has 3 N–H and O–H groups in total. The molecule has 1 atom stereocenters. The predicted molar refractivity (Wildman–Crippen MR) is 42.5 cm³/mol. The molecule has 1 aromatic heterocycles. The number of nitrogens with zero attached hydrogens (tertiary/aromatic N) is 1. The molecule has 1 unspecified atom stereocenters. The Balaban J connectivity index is 2.85. The first-order valence-corrected chi connectivity index (χ1v) is 3.62. The molecule has 0 fully saturated rings. The van der Waals surface area contributed by atoms with Gasteiger partial charge < -0.3 is 20.1 Å². The Morgan fingerprint density at radius 1 is 1.92 bits per heavy atom. The molecule has 0 saturated heterocycles. The van der Waals surface area contributed by atoms with E-state index in [-0.39, 0.29) is 18.2 Å². The minimum absolute atomic E-state index is 0.0340. The second-order valence-electron chi connectivity index (χ2n) is 2.40. The second-order valence-corrected chi connectivity index (χ2v) is 2.40. The van der Waals surface area contributed by atoms with Gasteiger partial charge in [-0.2, -0.15) is 0 Å². The van der Waals surface area contributed by atoms with Crippen molar-refractivity contribution in [1.29, 1.82) is 0 Å². The number of rotatable bonds is 4. The third-order valence-electron chi connectivity index (χ3n) is 1.59. The van der Waals surface area contributed by atoms with E-state index < -0.39 is 11.9 Å². The highest BCUT2D eigenvalue weighted by Crippen LogP contribution is 2.19. The van der Waals surface area contributed by atoms with Gasteiger partial charge in [-0.1, -0.05) is 0 Å². The van der Waals surface area contributed by atoms with E-state index in [1.54, 1.807) is 0 Å². The minimum Gasteiger partial charge on any atom is -0.481 e. The molecular weight excluding hydrogens is 176 g/mol. The quantitative estimate of drug-likeness (QED) is 0.676. The van der Waals surface area contributed by atoms with E-state index in [0.717, 1.165) is 0 Å². The lowest BCUT2D eigenvalue weighted by Gasteiger charge is -2.02. The number of aromatic nitrogens is 1. The number of methoxy groups -OCH3 is 1. The monoisotopic (exact) mass is 186 g/mol. The molecule has 6 heteroatoms. The maximum absolute atomic E-state index is 10.6. The molecule has 0 radical (unpaired) electrons. The molecule has 0 bridgehead atoms. The van der Waals surface area contributed by atoms with Gasteiger partial charge in [0.15, 0.2) is 5.76 Å². The van der Waals surface area contributed by atoms with Crippen LogP contribution in [0.25, 0.3) is 0 Å². The zero-order valence-corrected chi connectivity index (χ0v) is 7.06. The van der Waals surface area contributed by atoms with Crippen LogP contribution in [0, 0.1) is 0 Å². The Labute approximate surface area is 74.3 Å². The number of carboxylic acid groups (broad SMARTS) is 1. The number of hydrogen-bond donors (Lipinski definition) is 2. The fourth-order valence-electron chi connectivity index (χ4n) is 0.871. The summed E-state index contributed by atoms with van der Waals surface area (Å²) in [6.45, 7) is -0.0340. The molecule has 1 heterocycles. The van der Waals surface area contributed by atoms with Gasteiger partial charge in [-0.15, -0.1) is 0 Å². The van der Waals surface area contributed by atoms with Gasteiger partial charge in [-0.3, -0.25) is 4.79 Å². The zero-order valence-electron chi connectivity index (χ0n) is 7.06. The van der Waals surface area contributed by atoms with Crippen molar-refractivity contribution in [3.05, 3.63) is 11.8 Å². The molecule has 1 rings (SSSR count). The average Bonchev–Trinajstić information content (AvgIpc) is 2.53. The summed E-state index contributed by atoms with van der Waals surface area (Å²) >= 11 is 0. The Morgan fingerprint density at radius 3 is 3.00 bits per heavy atom. The van der Waals surface area contributed by atoms with Crippen molar-refractivity contribution in [3.8, 4) is 5.88 Å². The third-order valence-corrected chi connectivity index (χ3v) is 1.59. The summed E-state index contributed by atoms with van der Waals surface area (Å²) in [4.78, 5) is 10.6. The van der Waals surface area contributed by atoms with Crippen molar-refractivity contribution >= 4 is 5.97 Å². The summed E-state index contributed by atoms with van der Waals surface area (Å²) in [5.74, 6) is -1.46. The fraction of sp³-hybridized carbons (Fsp3) is 0.429.